The number of rotatable bonds is 2. The second-order valence-corrected chi connectivity index (χ2v) is 5.59. The molecule has 0 heterocycles. The predicted octanol–water partition coefficient (Wildman–Crippen LogP) is 3.94. The van der Waals surface area contributed by atoms with E-state index in [0.717, 1.165) is 11.3 Å². The topological polar surface area (TPSA) is 35.8 Å². The summed E-state index contributed by atoms with van der Waals surface area (Å²) < 4.78 is 0. The molecule has 1 N–H and O–H groups in total. The minimum absolute atomic E-state index is 0.320. The molecule has 0 saturated heterocycles. The van der Waals surface area contributed by atoms with Crippen LogP contribution in [0.1, 0.15) is 45.1 Å². The predicted molar refractivity (Wildman–Crippen MR) is 70.8 cm³/mol. The first-order valence-corrected chi connectivity index (χ1v) is 6.39. The van der Waals surface area contributed by atoms with Gasteiger partial charge in [0.05, 0.1) is 11.3 Å². The number of nitriles is 1. The van der Waals surface area contributed by atoms with Gasteiger partial charge < -0.3 is 5.32 Å². The number of para-hydroxylation sites is 1. The molecule has 2 rings (SSSR count). The van der Waals surface area contributed by atoms with Crippen molar-refractivity contribution >= 4 is 5.69 Å². The maximum atomic E-state index is 9.09. The van der Waals surface area contributed by atoms with E-state index < -0.39 is 0 Å². The average molecular weight is 228 g/mol. The molecular formula is C15H20N2. The molecule has 1 aliphatic rings. The van der Waals surface area contributed by atoms with Crippen LogP contribution in [0.2, 0.25) is 0 Å². The van der Waals surface area contributed by atoms with Crippen molar-refractivity contribution in [2.45, 2.75) is 45.6 Å². The molecule has 0 radical (unpaired) electrons. The number of benzene rings is 1. The van der Waals surface area contributed by atoms with E-state index in [1.54, 1.807) is 0 Å². The minimum Gasteiger partial charge on any atom is -0.381 e. The van der Waals surface area contributed by atoms with Crippen molar-refractivity contribution in [2.75, 3.05) is 5.32 Å². The van der Waals surface area contributed by atoms with E-state index in [9.17, 15) is 0 Å². The van der Waals surface area contributed by atoms with Crippen LogP contribution in [-0.4, -0.2) is 6.04 Å². The summed E-state index contributed by atoms with van der Waals surface area (Å²) in [5, 5.41) is 12.7. The van der Waals surface area contributed by atoms with Crippen molar-refractivity contribution < 1.29 is 0 Å². The highest BCUT2D eigenvalue weighted by Crippen LogP contribution is 2.37. The van der Waals surface area contributed by atoms with Gasteiger partial charge in [-0.3, -0.25) is 0 Å². The first-order valence-electron chi connectivity index (χ1n) is 6.39. The summed E-state index contributed by atoms with van der Waals surface area (Å²) in [5.74, 6) is 0. The van der Waals surface area contributed by atoms with Gasteiger partial charge in [0, 0.05) is 6.04 Å². The van der Waals surface area contributed by atoms with Gasteiger partial charge in [0.15, 0.2) is 0 Å². The fourth-order valence-corrected chi connectivity index (χ4v) is 2.66. The molecule has 2 heteroatoms. The summed E-state index contributed by atoms with van der Waals surface area (Å²) >= 11 is 0. The van der Waals surface area contributed by atoms with Crippen LogP contribution in [-0.2, 0) is 0 Å². The van der Waals surface area contributed by atoms with Gasteiger partial charge in [0.25, 0.3) is 0 Å². The largest absolute Gasteiger partial charge is 0.381 e. The Labute approximate surface area is 104 Å². The fraction of sp³-hybridized carbons (Fsp3) is 0.533. The summed E-state index contributed by atoms with van der Waals surface area (Å²) in [6.45, 7) is 4.64. The zero-order valence-corrected chi connectivity index (χ0v) is 10.7. The fourth-order valence-electron chi connectivity index (χ4n) is 2.66. The molecule has 1 aliphatic carbocycles. The lowest BCUT2D eigenvalue weighted by atomic mass is 9.73. The minimum atomic E-state index is 0.320. The zero-order valence-electron chi connectivity index (χ0n) is 10.7. The van der Waals surface area contributed by atoms with E-state index in [0.29, 0.717) is 11.5 Å². The second-order valence-electron chi connectivity index (χ2n) is 5.59. The molecule has 1 atom stereocenters. The van der Waals surface area contributed by atoms with Crippen molar-refractivity contribution in [3.63, 3.8) is 0 Å². The molecular weight excluding hydrogens is 208 g/mol. The van der Waals surface area contributed by atoms with E-state index in [1.807, 2.05) is 24.3 Å². The quantitative estimate of drug-likeness (QED) is 0.832. The van der Waals surface area contributed by atoms with Gasteiger partial charge in [0.2, 0.25) is 0 Å². The molecule has 1 unspecified atom stereocenters. The molecule has 0 spiro atoms. The Morgan fingerprint density at radius 1 is 1.29 bits per heavy atom. The Morgan fingerprint density at radius 2 is 2.06 bits per heavy atom. The molecule has 2 nitrogen and oxygen atoms in total. The lowest BCUT2D eigenvalue weighted by Crippen LogP contribution is -2.39. The normalized spacial score (nSPS) is 22.8. The average Bonchev–Trinajstić information content (AvgIpc) is 2.32. The number of hydrogen-bond acceptors (Lipinski definition) is 2. The Bertz CT molecular complexity index is 429. The summed E-state index contributed by atoms with van der Waals surface area (Å²) in [6.07, 6.45) is 5.08. The van der Waals surface area contributed by atoms with E-state index >= 15 is 0 Å². The van der Waals surface area contributed by atoms with Crippen LogP contribution in [0.3, 0.4) is 0 Å². The number of anilines is 1. The number of nitrogens with zero attached hydrogens (tertiary/aromatic N) is 1. The second kappa shape index (κ2) is 4.79. The molecule has 0 aliphatic heterocycles. The van der Waals surface area contributed by atoms with E-state index in [2.05, 4.69) is 25.2 Å². The Kier molecular flexibility index (Phi) is 3.38. The third kappa shape index (κ3) is 2.61. The molecule has 1 saturated carbocycles. The van der Waals surface area contributed by atoms with Crippen LogP contribution >= 0.6 is 0 Å². The smallest absolute Gasteiger partial charge is 0.101 e. The highest BCUT2D eigenvalue weighted by atomic mass is 14.9. The van der Waals surface area contributed by atoms with Crippen LogP contribution in [0.25, 0.3) is 0 Å². The Balaban J connectivity index is 2.17. The summed E-state index contributed by atoms with van der Waals surface area (Å²) in [4.78, 5) is 0. The SMILES string of the molecule is CC1(C)CCCCC1Nc1ccccc1C#N. The molecule has 1 fully saturated rings. The first kappa shape index (κ1) is 12.0. The van der Waals surface area contributed by atoms with Crippen LogP contribution < -0.4 is 5.32 Å². The van der Waals surface area contributed by atoms with E-state index in [4.69, 9.17) is 5.26 Å². The molecule has 1 aromatic rings. The third-order valence-corrected chi connectivity index (χ3v) is 3.88. The van der Waals surface area contributed by atoms with Gasteiger partial charge in [-0.2, -0.15) is 5.26 Å². The Morgan fingerprint density at radius 3 is 2.76 bits per heavy atom. The summed E-state index contributed by atoms with van der Waals surface area (Å²) in [7, 11) is 0. The first-order chi connectivity index (χ1) is 8.13. The highest BCUT2D eigenvalue weighted by molar-refractivity contribution is 5.57. The van der Waals surface area contributed by atoms with Gasteiger partial charge in [-0.1, -0.05) is 38.8 Å². The maximum absolute atomic E-state index is 9.09. The molecule has 0 amide bonds. The standard InChI is InChI=1S/C15H20N2/c1-15(2)10-6-5-9-14(15)17-13-8-4-3-7-12(13)11-16/h3-4,7-8,14,17H,5-6,9-10H2,1-2H3. The van der Waals surface area contributed by atoms with Gasteiger partial charge in [-0.05, 0) is 30.4 Å². The molecule has 0 aromatic heterocycles. The maximum Gasteiger partial charge on any atom is 0.101 e. The van der Waals surface area contributed by atoms with Crippen molar-refractivity contribution in [2.24, 2.45) is 5.41 Å². The molecule has 17 heavy (non-hydrogen) atoms. The van der Waals surface area contributed by atoms with Gasteiger partial charge in [-0.25, -0.2) is 0 Å². The van der Waals surface area contributed by atoms with Gasteiger partial charge in [-0.15, -0.1) is 0 Å². The van der Waals surface area contributed by atoms with Crippen LogP contribution in [0.5, 0.6) is 0 Å². The molecule has 1 aromatic carbocycles. The van der Waals surface area contributed by atoms with Crippen LogP contribution in [0.4, 0.5) is 5.69 Å². The summed E-state index contributed by atoms with van der Waals surface area (Å²) in [6, 6.07) is 10.5. The van der Waals surface area contributed by atoms with Gasteiger partial charge in [0.1, 0.15) is 6.07 Å². The lowest BCUT2D eigenvalue weighted by Gasteiger charge is -2.39. The van der Waals surface area contributed by atoms with E-state index in [-0.39, 0.29) is 0 Å². The zero-order chi connectivity index (χ0) is 12.3. The lowest BCUT2D eigenvalue weighted by molar-refractivity contribution is 0.217. The van der Waals surface area contributed by atoms with Crippen LogP contribution in [0, 0.1) is 16.7 Å². The Hall–Kier alpha value is -1.49. The van der Waals surface area contributed by atoms with Crippen molar-refractivity contribution in [1.29, 1.82) is 5.26 Å². The van der Waals surface area contributed by atoms with Crippen LogP contribution in [0.15, 0.2) is 24.3 Å². The van der Waals surface area contributed by atoms with Crippen molar-refractivity contribution in [3.8, 4) is 6.07 Å². The highest BCUT2D eigenvalue weighted by Gasteiger charge is 2.32. The summed E-state index contributed by atoms with van der Waals surface area (Å²) in [5.41, 5.74) is 2.05. The number of nitrogens with one attached hydrogen (secondary N) is 1. The monoisotopic (exact) mass is 228 g/mol. The number of hydrogen-bond donors (Lipinski definition) is 1. The third-order valence-electron chi connectivity index (χ3n) is 3.88. The molecule has 90 valence electrons. The molecule has 0 bridgehead atoms. The van der Waals surface area contributed by atoms with Crippen molar-refractivity contribution in [1.82, 2.24) is 0 Å². The van der Waals surface area contributed by atoms with Gasteiger partial charge >= 0.3 is 0 Å². The van der Waals surface area contributed by atoms with Crippen molar-refractivity contribution in [3.05, 3.63) is 29.8 Å². The van der Waals surface area contributed by atoms with E-state index in [1.165, 1.54) is 25.7 Å².